The zero-order valence-electron chi connectivity index (χ0n) is 31.2. The molecule has 2 aromatic heterocycles. The fraction of sp³-hybridized carbons (Fsp3) is 0.200. The average molecular weight is 787 g/mol. The highest BCUT2D eigenvalue weighted by molar-refractivity contribution is 5.68. The van der Waals surface area contributed by atoms with E-state index in [1.54, 1.807) is 50.2 Å². The Morgan fingerprint density at radius 1 is 0.614 bits per heavy atom. The molecule has 14 nitrogen and oxygen atoms in total. The quantitative estimate of drug-likeness (QED) is 0.0929. The second-order valence-corrected chi connectivity index (χ2v) is 11.7. The Kier molecular flexibility index (Phi) is 15.4. The summed E-state index contributed by atoms with van der Waals surface area (Å²) in [6, 6.07) is 20.2. The molecule has 0 unspecified atom stereocenters. The largest absolute Gasteiger partial charge is 0.496 e. The minimum atomic E-state index is -0.891. The highest BCUT2D eigenvalue weighted by Gasteiger charge is 2.18. The summed E-state index contributed by atoms with van der Waals surface area (Å²) < 4.78 is 55.9. The van der Waals surface area contributed by atoms with Gasteiger partial charge in [-0.2, -0.15) is 4.39 Å². The van der Waals surface area contributed by atoms with Gasteiger partial charge in [-0.15, -0.1) is 0 Å². The fourth-order valence-corrected chi connectivity index (χ4v) is 5.36. The van der Waals surface area contributed by atoms with Gasteiger partial charge in [0.15, 0.2) is 5.75 Å². The van der Waals surface area contributed by atoms with Crippen molar-refractivity contribution in [3.8, 4) is 39.8 Å². The first kappa shape index (κ1) is 42.7. The molecule has 6 rings (SSSR count). The van der Waals surface area contributed by atoms with Crippen molar-refractivity contribution in [2.24, 2.45) is 0 Å². The molecule has 0 atom stereocenters. The third-order valence-electron chi connectivity index (χ3n) is 7.82. The molecule has 296 valence electrons. The third kappa shape index (κ3) is 11.7. The van der Waals surface area contributed by atoms with E-state index >= 15 is 0 Å². The first-order valence-corrected chi connectivity index (χ1v) is 17.1. The number of nitro groups is 2. The van der Waals surface area contributed by atoms with E-state index in [4.69, 9.17) is 19.3 Å². The highest BCUT2D eigenvalue weighted by atomic mass is 19.1. The molecule has 0 aliphatic rings. The Labute approximate surface area is 324 Å². The lowest BCUT2D eigenvalue weighted by atomic mass is 10.1. The Hall–Kier alpha value is -7.01. The molecule has 0 radical (unpaired) electrons. The second-order valence-electron chi connectivity index (χ2n) is 11.7. The molecule has 0 saturated heterocycles. The van der Waals surface area contributed by atoms with Crippen LogP contribution in [0.5, 0.6) is 17.2 Å². The molecule has 0 spiro atoms. The number of hydrogen-bond donors (Lipinski definition) is 1. The summed E-state index contributed by atoms with van der Waals surface area (Å²) in [5.74, 6) is -0.808. The van der Waals surface area contributed by atoms with Crippen molar-refractivity contribution in [3.05, 3.63) is 158 Å². The maximum absolute atomic E-state index is 13.4. The molecular formula is C40H37F3N6O8. The number of halogens is 3. The number of aliphatic hydroxyl groups is 1. The van der Waals surface area contributed by atoms with Crippen LogP contribution in [0.15, 0.2) is 97.6 Å². The van der Waals surface area contributed by atoms with Crippen molar-refractivity contribution in [1.29, 1.82) is 0 Å². The van der Waals surface area contributed by atoms with Crippen molar-refractivity contribution >= 4 is 11.4 Å². The Bertz CT molecular complexity index is 2330. The van der Waals surface area contributed by atoms with Gasteiger partial charge >= 0.3 is 11.4 Å². The third-order valence-corrected chi connectivity index (χ3v) is 7.82. The van der Waals surface area contributed by atoms with Crippen LogP contribution in [0, 0.1) is 37.7 Å². The summed E-state index contributed by atoms with van der Waals surface area (Å²) in [5, 5.41) is 29.7. The zero-order valence-corrected chi connectivity index (χ0v) is 31.2. The summed E-state index contributed by atoms with van der Waals surface area (Å²) in [6.07, 6.45) is 3.36. The molecular weight excluding hydrogens is 749 g/mol. The molecule has 4 aromatic carbocycles. The lowest BCUT2D eigenvalue weighted by Crippen LogP contribution is -2.00. The number of aromatic nitrogens is 4. The molecule has 0 saturated carbocycles. The summed E-state index contributed by atoms with van der Waals surface area (Å²) in [7, 11) is 2.89. The normalized spacial score (nSPS) is 10.3. The molecule has 1 N–H and O–H groups in total. The zero-order chi connectivity index (χ0) is 41.5. The predicted molar refractivity (Wildman–Crippen MR) is 204 cm³/mol. The van der Waals surface area contributed by atoms with E-state index in [9.17, 15) is 33.4 Å². The maximum Gasteiger partial charge on any atom is 0.311 e. The molecule has 0 bridgehead atoms. The van der Waals surface area contributed by atoms with E-state index < -0.39 is 33.0 Å². The van der Waals surface area contributed by atoms with Crippen molar-refractivity contribution < 1.29 is 42.3 Å². The van der Waals surface area contributed by atoms with Gasteiger partial charge in [0, 0.05) is 66.2 Å². The van der Waals surface area contributed by atoms with E-state index in [1.807, 2.05) is 0 Å². The molecule has 0 fully saturated rings. The smallest absolute Gasteiger partial charge is 0.311 e. The van der Waals surface area contributed by atoms with Crippen molar-refractivity contribution in [2.45, 2.75) is 26.7 Å². The lowest BCUT2D eigenvalue weighted by molar-refractivity contribution is -0.387. The van der Waals surface area contributed by atoms with Crippen LogP contribution in [0.25, 0.3) is 22.5 Å². The predicted octanol–water partition coefficient (Wildman–Crippen LogP) is 8.12. The van der Waals surface area contributed by atoms with Crippen LogP contribution < -0.4 is 14.2 Å². The van der Waals surface area contributed by atoms with Gasteiger partial charge in [0.2, 0.25) is 5.82 Å². The van der Waals surface area contributed by atoms with Crippen LogP contribution >= 0.6 is 0 Å². The van der Waals surface area contributed by atoms with Gasteiger partial charge in [0.05, 0.1) is 42.1 Å². The van der Waals surface area contributed by atoms with Gasteiger partial charge in [-0.05, 0) is 73.5 Å². The second kappa shape index (κ2) is 20.6. The van der Waals surface area contributed by atoms with Crippen LogP contribution in [-0.2, 0) is 12.8 Å². The van der Waals surface area contributed by atoms with E-state index in [-0.39, 0.29) is 24.5 Å². The molecule has 17 heteroatoms. The topological polar surface area (TPSA) is 186 Å². The molecule has 0 aliphatic carbocycles. The average Bonchev–Trinajstić information content (AvgIpc) is 3.19. The number of ether oxygens (including phenoxy) is 3. The molecule has 2 heterocycles. The minimum absolute atomic E-state index is 0.0890. The van der Waals surface area contributed by atoms with Gasteiger partial charge in [0.25, 0.3) is 0 Å². The number of nitrogens with zero attached hydrogens (tertiary/aromatic N) is 6. The van der Waals surface area contributed by atoms with Crippen LogP contribution in [0.3, 0.4) is 0 Å². The summed E-state index contributed by atoms with van der Waals surface area (Å²) >= 11 is 0. The van der Waals surface area contributed by atoms with E-state index in [1.165, 1.54) is 69.3 Å². The van der Waals surface area contributed by atoms with E-state index in [0.29, 0.717) is 69.6 Å². The SMILES string of the molecule is CCO.CCOc1ccc(Cc2cc(-c3ccc(F)cc3OC)ncn2)cc1[N+](=O)[O-].COc1cc(F)ccc1-c1cc(Cc2ccc(F)c([N+](=O)[O-])c2)ncn1. The van der Waals surface area contributed by atoms with Crippen molar-refractivity contribution in [2.75, 3.05) is 27.4 Å². The number of hydrogen-bond acceptors (Lipinski definition) is 12. The monoisotopic (exact) mass is 786 g/mol. The highest BCUT2D eigenvalue weighted by Crippen LogP contribution is 2.32. The van der Waals surface area contributed by atoms with Crippen molar-refractivity contribution in [3.63, 3.8) is 0 Å². The molecule has 0 aliphatic heterocycles. The standard InChI is InChI=1S/C20H18FN3O4.C18H13F2N3O3.C2H6O/c1-3-28-19-7-4-13(9-18(19)24(25)26)8-15-11-17(23-12-22-15)16-6-5-14(21)10-20(16)27-2;1-26-18-8-12(19)3-4-14(18)16-9-13(21-10-22-16)6-11-2-5-15(20)17(7-11)23(24)25;1-2-3/h4-7,9-12H,3,8H2,1-2H3;2-5,7-10H,6H2,1H3;3H,2H2,1H3. The summed E-state index contributed by atoms with van der Waals surface area (Å²) in [5.41, 5.74) is 4.11. The number of rotatable bonds is 12. The van der Waals surface area contributed by atoms with E-state index in [2.05, 4.69) is 19.9 Å². The van der Waals surface area contributed by atoms with Crippen LogP contribution in [0.4, 0.5) is 24.5 Å². The van der Waals surface area contributed by atoms with Crippen LogP contribution in [0.2, 0.25) is 0 Å². The van der Waals surface area contributed by atoms with Crippen molar-refractivity contribution in [1.82, 2.24) is 19.9 Å². The number of benzene rings is 4. The fourth-order valence-electron chi connectivity index (χ4n) is 5.36. The molecule has 57 heavy (non-hydrogen) atoms. The van der Waals surface area contributed by atoms with Crippen LogP contribution in [-0.4, -0.2) is 62.3 Å². The molecule has 6 aromatic rings. The Morgan fingerprint density at radius 3 is 1.51 bits per heavy atom. The maximum atomic E-state index is 13.4. The number of aliphatic hydroxyl groups excluding tert-OH is 1. The Morgan fingerprint density at radius 2 is 1.07 bits per heavy atom. The summed E-state index contributed by atoms with van der Waals surface area (Å²) in [4.78, 5) is 37.7. The first-order chi connectivity index (χ1) is 27.4. The lowest BCUT2D eigenvalue weighted by Gasteiger charge is -2.09. The molecule has 0 amide bonds. The summed E-state index contributed by atoms with van der Waals surface area (Å²) in [6.45, 7) is 4.04. The van der Waals surface area contributed by atoms with Gasteiger partial charge < -0.3 is 19.3 Å². The van der Waals surface area contributed by atoms with Gasteiger partial charge in [-0.25, -0.2) is 28.7 Å². The number of nitro benzene ring substituents is 2. The van der Waals surface area contributed by atoms with Crippen LogP contribution in [0.1, 0.15) is 36.4 Å². The first-order valence-electron chi connectivity index (χ1n) is 17.1. The minimum Gasteiger partial charge on any atom is -0.496 e. The van der Waals surface area contributed by atoms with Gasteiger partial charge in [-0.1, -0.05) is 12.1 Å². The Balaban J connectivity index is 0.000000237. The number of methoxy groups -OCH3 is 2. The van der Waals surface area contributed by atoms with Gasteiger partial charge in [-0.3, -0.25) is 20.2 Å². The van der Waals surface area contributed by atoms with Gasteiger partial charge in [0.1, 0.15) is 35.8 Å². The van der Waals surface area contributed by atoms with E-state index in [0.717, 1.165) is 6.07 Å².